The minimum atomic E-state index is -0.537. The van der Waals surface area contributed by atoms with E-state index in [1.54, 1.807) is 0 Å². The van der Waals surface area contributed by atoms with Crippen molar-refractivity contribution in [3.63, 3.8) is 0 Å². The zero-order chi connectivity index (χ0) is 37.3. The molecule has 2 heterocycles. The Labute approximate surface area is 326 Å². The normalized spacial score (nSPS) is 11.6. The molecule has 0 radical (unpaired) electrons. The predicted octanol–water partition coefficient (Wildman–Crippen LogP) is 12.4. The Bertz CT molecular complexity index is 2770. The van der Waals surface area contributed by atoms with Gasteiger partial charge in [0, 0.05) is 33.2 Å². The van der Waals surface area contributed by atoms with Crippen LogP contribution in [0.3, 0.4) is 0 Å². The van der Waals surface area contributed by atoms with E-state index in [1.165, 1.54) is 33.0 Å². The highest BCUT2D eigenvalue weighted by Gasteiger charge is 2.38. The topological polar surface area (TPSA) is 43.6 Å². The fourth-order valence-corrected chi connectivity index (χ4v) is 8.25. The van der Waals surface area contributed by atoms with E-state index >= 15 is 0 Å². The smallest absolute Gasteiger partial charge is 0.164 e. The second-order valence-electron chi connectivity index (χ2n) is 14.0. The number of para-hydroxylation sites is 1. The molecule has 0 atom stereocenters. The van der Waals surface area contributed by atoms with Crippen molar-refractivity contribution in [1.82, 2.24) is 19.5 Å². The third kappa shape index (κ3) is 5.67. The summed E-state index contributed by atoms with van der Waals surface area (Å²) in [5.74, 6) is 1.93. The molecular weight excluding hydrogens is 681 g/mol. The van der Waals surface area contributed by atoms with Gasteiger partial charge in [-0.1, -0.05) is 176 Å². The third-order valence-corrected chi connectivity index (χ3v) is 10.8. The highest BCUT2D eigenvalue weighted by atomic mass is 15.0. The van der Waals surface area contributed by atoms with Gasteiger partial charge in [-0.25, -0.2) is 15.0 Å². The van der Waals surface area contributed by atoms with Gasteiger partial charge in [0.15, 0.2) is 17.5 Å². The first kappa shape index (κ1) is 33.2. The van der Waals surface area contributed by atoms with Crippen molar-refractivity contribution >= 4 is 21.8 Å². The zero-order valence-electron chi connectivity index (χ0n) is 30.6. The van der Waals surface area contributed by atoms with Crippen LogP contribution in [0.25, 0.3) is 61.7 Å². The molecule has 0 saturated heterocycles. The quantitative estimate of drug-likeness (QED) is 0.147. The highest BCUT2D eigenvalue weighted by molar-refractivity contribution is 6.09. The molecule has 0 bridgehead atoms. The number of hydrogen-bond acceptors (Lipinski definition) is 3. The van der Waals surface area contributed by atoms with E-state index in [1.807, 2.05) is 60.7 Å². The molecular formula is C52H36N4. The lowest BCUT2D eigenvalue weighted by molar-refractivity contribution is 0.746. The molecule has 0 aliphatic carbocycles. The molecule has 264 valence electrons. The van der Waals surface area contributed by atoms with Crippen LogP contribution in [0.5, 0.6) is 0 Å². The highest BCUT2D eigenvalue weighted by Crippen LogP contribution is 2.47. The van der Waals surface area contributed by atoms with Gasteiger partial charge in [0.2, 0.25) is 0 Å². The molecule has 0 amide bonds. The van der Waals surface area contributed by atoms with Crippen molar-refractivity contribution in [2.24, 2.45) is 0 Å². The first-order valence-corrected chi connectivity index (χ1v) is 19.0. The number of hydrogen-bond donors (Lipinski definition) is 0. The van der Waals surface area contributed by atoms with Crippen LogP contribution in [0.4, 0.5) is 0 Å². The summed E-state index contributed by atoms with van der Waals surface area (Å²) in [7, 11) is 0. The average molecular weight is 717 g/mol. The Morgan fingerprint density at radius 1 is 0.304 bits per heavy atom. The van der Waals surface area contributed by atoms with Crippen molar-refractivity contribution < 1.29 is 0 Å². The Morgan fingerprint density at radius 3 is 1.18 bits per heavy atom. The average Bonchev–Trinajstić information content (AvgIpc) is 3.62. The molecule has 0 aliphatic heterocycles. The Morgan fingerprint density at radius 2 is 0.696 bits per heavy atom. The molecule has 56 heavy (non-hydrogen) atoms. The van der Waals surface area contributed by atoms with Crippen LogP contribution < -0.4 is 0 Å². The lowest BCUT2D eigenvalue weighted by Gasteiger charge is -2.37. The number of aromatic nitrogens is 4. The second kappa shape index (κ2) is 14.1. The summed E-state index contributed by atoms with van der Waals surface area (Å²) in [6.07, 6.45) is 0. The molecule has 4 nitrogen and oxygen atoms in total. The summed E-state index contributed by atoms with van der Waals surface area (Å²) in [4.78, 5) is 14.8. The van der Waals surface area contributed by atoms with E-state index in [0.717, 1.165) is 33.4 Å². The van der Waals surface area contributed by atoms with Gasteiger partial charge < -0.3 is 4.57 Å². The van der Waals surface area contributed by atoms with Crippen molar-refractivity contribution in [3.8, 4) is 39.9 Å². The minimum absolute atomic E-state index is 0.537. The SMILES string of the molecule is c1ccc(-c2nc(-c3ccccc3)nc(-c3ccc(-n4c5ccccc5c5cc(C(c6ccccc6)(c6ccccc6)c6ccccc6)ccc54)cc3)n2)cc1. The van der Waals surface area contributed by atoms with E-state index in [0.29, 0.717) is 17.5 Å². The van der Waals surface area contributed by atoms with Crippen molar-refractivity contribution in [3.05, 3.63) is 241 Å². The third-order valence-electron chi connectivity index (χ3n) is 10.8. The number of benzene rings is 8. The maximum absolute atomic E-state index is 4.97. The summed E-state index contributed by atoms with van der Waals surface area (Å²) >= 11 is 0. The van der Waals surface area contributed by atoms with Gasteiger partial charge in [-0.15, -0.1) is 0 Å². The largest absolute Gasteiger partial charge is 0.309 e. The van der Waals surface area contributed by atoms with E-state index in [2.05, 4.69) is 162 Å². The minimum Gasteiger partial charge on any atom is -0.309 e. The first-order valence-electron chi connectivity index (χ1n) is 19.0. The Kier molecular flexibility index (Phi) is 8.34. The fourth-order valence-electron chi connectivity index (χ4n) is 8.25. The van der Waals surface area contributed by atoms with Crippen LogP contribution >= 0.6 is 0 Å². The van der Waals surface area contributed by atoms with E-state index < -0.39 is 5.41 Å². The van der Waals surface area contributed by atoms with Crippen LogP contribution in [0.1, 0.15) is 22.3 Å². The number of fused-ring (bicyclic) bond motifs is 3. The Balaban J connectivity index is 1.13. The second-order valence-corrected chi connectivity index (χ2v) is 14.0. The molecule has 0 aliphatic rings. The number of nitrogens with zero attached hydrogens (tertiary/aromatic N) is 4. The lowest BCUT2D eigenvalue weighted by atomic mass is 9.65. The standard InChI is InChI=1S/C52H36N4/c1-6-18-37(19-7-1)49-53-50(38-20-8-2-9-21-38)55-51(54-49)39-30-33-44(34-31-39)56-47-29-17-16-28-45(47)46-36-43(32-35-48(46)56)52(40-22-10-3-11-23-40,41-24-12-4-13-25-41)42-26-14-5-15-27-42/h1-36H. The summed E-state index contributed by atoms with van der Waals surface area (Å²) < 4.78 is 2.37. The fraction of sp³-hybridized carbons (Fsp3) is 0.0192. The van der Waals surface area contributed by atoms with E-state index in [-0.39, 0.29) is 0 Å². The maximum Gasteiger partial charge on any atom is 0.164 e. The van der Waals surface area contributed by atoms with Crippen molar-refractivity contribution in [2.75, 3.05) is 0 Å². The lowest BCUT2D eigenvalue weighted by Crippen LogP contribution is -2.30. The summed E-state index contributed by atoms with van der Waals surface area (Å²) in [5, 5.41) is 2.40. The molecule has 0 N–H and O–H groups in total. The van der Waals surface area contributed by atoms with E-state index in [4.69, 9.17) is 15.0 Å². The zero-order valence-corrected chi connectivity index (χ0v) is 30.6. The van der Waals surface area contributed by atoms with E-state index in [9.17, 15) is 0 Å². The van der Waals surface area contributed by atoms with Crippen molar-refractivity contribution in [2.45, 2.75) is 5.41 Å². The van der Waals surface area contributed by atoms with Gasteiger partial charge in [0.05, 0.1) is 16.4 Å². The van der Waals surface area contributed by atoms with Gasteiger partial charge in [-0.3, -0.25) is 0 Å². The molecule has 10 aromatic rings. The molecule has 0 unspecified atom stereocenters. The van der Waals surface area contributed by atoms with Crippen LogP contribution in [0, 0.1) is 0 Å². The molecule has 10 rings (SSSR count). The molecule has 0 fully saturated rings. The van der Waals surface area contributed by atoms with Crippen molar-refractivity contribution in [1.29, 1.82) is 0 Å². The number of rotatable bonds is 8. The molecule has 0 saturated carbocycles. The Hall–Kier alpha value is -7.43. The van der Waals surface area contributed by atoms with Gasteiger partial charge in [0.1, 0.15) is 0 Å². The molecule has 4 heteroatoms. The molecule has 8 aromatic carbocycles. The van der Waals surface area contributed by atoms with Gasteiger partial charge in [-0.2, -0.15) is 0 Å². The summed E-state index contributed by atoms with van der Waals surface area (Å²) in [6.45, 7) is 0. The first-order chi connectivity index (χ1) is 27.8. The maximum atomic E-state index is 4.97. The van der Waals surface area contributed by atoms with Gasteiger partial charge in [-0.05, 0) is 64.7 Å². The molecule has 0 spiro atoms. The summed E-state index contributed by atoms with van der Waals surface area (Å²) in [5.41, 5.74) is 10.5. The van der Waals surface area contributed by atoms with Crippen LogP contribution in [-0.4, -0.2) is 19.5 Å². The monoisotopic (exact) mass is 716 g/mol. The van der Waals surface area contributed by atoms with Crippen LogP contribution in [0.2, 0.25) is 0 Å². The van der Waals surface area contributed by atoms with Gasteiger partial charge in [0.25, 0.3) is 0 Å². The van der Waals surface area contributed by atoms with Crippen LogP contribution in [-0.2, 0) is 5.41 Å². The van der Waals surface area contributed by atoms with Gasteiger partial charge >= 0.3 is 0 Å². The predicted molar refractivity (Wildman–Crippen MR) is 229 cm³/mol. The summed E-state index contributed by atoms with van der Waals surface area (Å²) in [6, 6.07) is 77.2. The molecule has 2 aromatic heterocycles. The van der Waals surface area contributed by atoms with Crippen LogP contribution in [0.15, 0.2) is 218 Å².